The molecule has 2 rings (SSSR count). The third-order valence-electron chi connectivity index (χ3n) is 2.35. The number of hydrogen-bond acceptors (Lipinski definition) is 3. The number of ether oxygens (including phenoxy) is 2. The predicted octanol–water partition coefficient (Wildman–Crippen LogP) is 1.66. The normalized spacial score (nSPS) is 14.6. The standard InChI is InChI=1S/C9H10O2.C4H8O2/c1-7-4-2-3-5-8(7)6-9(10)11;1-2-6-4-3-5-1/h2-5H,6H2,1H3,(H,10,11);1-4H2. The van der Waals surface area contributed by atoms with Crippen molar-refractivity contribution < 1.29 is 19.4 Å². The second-order valence-electron chi connectivity index (χ2n) is 3.72. The van der Waals surface area contributed by atoms with Crippen molar-refractivity contribution in [3.63, 3.8) is 0 Å². The number of aliphatic carboxylic acids is 1. The smallest absolute Gasteiger partial charge is 0.307 e. The Morgan fingerprint density at radius 1 is 1.18 bits per heavy atom. The number of carboxylic acid groups (broad SMARTS) is 1. The molecule has 17 heavy (non-hydrogen) atoms. The Morgan fingerprint density at radius 3 is 2.12 bits per heavy atom. The van der Waals surface area contributed by atoms with Gasteiger partial charge in [0.1, 0.15) is 0 Å². The number of hydrogen-bond donors (Lipinski definition) is 1. The number of aryl methyl sites for hydroxylation is 1. The topological polar surface area (TPSA) is 55.8 Å². The first kappa shape index (κ1) is 13.7. The van der Waals surface area contributed by atoms with Crippen LogP contribution in [0, 0.1) is 6.92 Å². The maximum absolute atomic E-state index is 10.3. The van der Waals surface area contributed by atoms with Crippen molar-refractivity contribution >= 4 is 5.97 Å². The fourth-order valence-corrected chi connectivity index (χ4v) is 1.41. The van der Waals surface area contributed by atoms with Gasteiger partial charge in [0.15, 0.2) is 0 Å². The zero-order valence-corrected chi connectivity index (χ0v) is 10.0. The van der Waals surface area contributed by atoms with Gasteiger partial charge >= 0.3 is 5.97 Å². The fourth-order valence-electron chi connectivity index (χ4n) is 1.41. The van der Waals surface area contributed by atoms with Crippen molar-refractivity contribution in [3.05, 3.63) is 35.4 Å². The molecule has 0 spiro atoms. The summed E-state index contributed by atoms with van der Waals surface area (Å²) in [5, 5.41) is 8.49. The second-order valence-corrected chi connectivity index (χ2v) is 3.72. The minimum Gasteiger partial charge on any atom is -0.481 e. The van der Waals surface area contributed by atoms with E-state index in [1.54, 1.807) is 0 Å². The van der Waals surface area contributed by atoms with Crippen LogP contribution in [-0.4, -0.2) is 37.5 Å². The average Bonchev–Trinajstić information content (AvgIpc) is 2.35. The monoisotopic (exact) mass is 238 g/mol. The van der Waals surface area contributed by atoms with E-state index in [0.717, 1.165) is 37.6 Å². The summed E-state index contributed by atoms with van der Waals surface area (Å²) < 4.78 is 9.89. The van der Waals surface area contributed by atoms with Gasteiger partial charge in [-0.15, -0.1) is 0 Å². The van der Waals surface area contributed by atoms with Gasteiger partial charge in [-0.05, 0) is 18.1 Å². The SMILES string of the molecule is C1COCCO1.Cc1ccccc1CC(=O)O. The highest BCUT2D eigenvalue weighted by Crippen LogP contribution is 2.06. The summed E-state index contributed by atoms with van der Waals surface area (Å²) in [6, 6.07) is 7.51. The van der Waals surface area contributed by atoms with Gasteiger partial charge in [0, 0.05) is 0 Å². The lowest BCUT2D eigenvalue weighted by atomic mass is 10.1. The molecule has 0 aromatic heterocycles. The molecule has 94 valence electrons. The Balaban J connectivity index is 0.000000202. The van der Waals surface area contributed by atoms with Crippen molar-refractivity contribution in [3.8, 4) is 0 Å². The lowest BCUT2D eigenvalue weighted by molar-refractivity contribution is -0.136. The molecule has 4 heteroatoms. The number of benzene rings is 1. The van der Waals surface area contributed by atoms with E-state index in [4.69, 9.17) is 14.6 Å². The van der Waals surface area contributed by atoms with Crippen LogP contribution in [0.3, 0.4) is 0 Å². The van der Waals surface area contributed by atoms with Crippen molar-refractivity contribution in [2.75, 3.05) is 26.4 Å². The van der Waals surface area contributed by atoms with Crippen LogP contribution < -0.4 is 0 Å². The summed E-state index contributed by atoms with van der Waals surface area (Å²) in [5.41, 5.74) is 1.93. The van der Waals surface area contributed by atoms with Gasteiger partial charge < -0.3 is 14.6 Å². The van der Waals surface area contributed by atoms with E-state index in [1.807, 2.05) is 31.2 Å². The highest BCUT2D eigenvalue weighted by molar-refractivity contribution is 5.70. The number of carboxylic acids is 1. The Labute approximate surface area is 101 Å². The van der Waals surface area contributed by atoms with Crippen molar-refractivity contribution in [2.45, 2.75) is 13.3 Å². The predicted molar refractivity (Wildman–Crippen MR) is 64.2 cm³/mol. The summed E-state index contributed by atoms with van der Waals surface area (Å²) in [4.78, 5) is 10.3. The van der Waals surface area contributed by atoms with E-state index in [1.165, 1.54) is 0 Å². The third kappa shape index (κ3) is 6.04. The van der Waals surface area contributed by atoms with Gasteiger partial charge in [-0.3, -0.25) is 4.79 Å². The van der Waals surface area contributed by atoms with Gasteiger partial charge in [-0.1, -0.05) is 24.3 Å². The zero-order chi connectivity index (χ0) is 12.5. The average molecular weight is 238 g/mol. The zero-order valence-electron chi connectivity index (χ0n) is 10.0. The minimum absolute atomic E-state index is 0.118. The van der Waals surface area contributed by atoms with E-state index in [0.29, 0.717) is 0 Å². The molecule has 4 nitrogen and oxygen atoms in total. The molecule has 1 heterocycles. The van der Waals surface area contributed by atoms with Crippen LogP contribution in [0.25, 0.3) is 0 Å². The van der Waals surface area contributed by atoms with Crippen LogP contribution in [0.4, 0.5) is 0 Å². The lowest BCUT2D eigenvalue weighted by Gasteiger charge is -2.09. The summed E-state index contributed by atoms with van der Waals surface area (Å²) >= 11 is 0. The largest absolute Gasteiger partial charge is 0.481 e. The van der Waals surface area contributed by atoms with E-state index >= 15 is 0 Å². The van der Waals surface area contributed by atoms with E-state index in [9.17, 15) is 4.79 Å². The molecule has 1 aliphatic heterocycles. The summed E-state index contributed by atoms with van der Waals surface area (Å²) in [6.45, 7) is 5.03. The molecule has 0 unspecified atom stereocenters. The Morgan fingerprint density at radius 2 is 1.71 bits per heavy atom. The van der Waals surface area contributed by atoms with Crippen molar-refractivity contribution in [1.82, 2.24) is 0 Å². The van der Waals surface area contributed by atoms with Crippen LogP contribution in [0.1, 0.15) is 11.1 Å². The molecule has 1 saturated heterocycles. The molecule has 1 aromatic carbocycles. The second kappa shape index (κ2) is 7.81. The van der Waals surface area contributed by atoms with Crippen LogP contribution >= 0.6 is 0 Å². The Bertz CT molecular complexity index is 334. The first-order valence-electron chi connectivity index (χ1n) is 5.62. The van der Waals surface area contributed by atoms with Crippen molar-refractivity contribution in [2.24, 2.45) is 0 Å². The molecular weight excluding hydrogens is 220 g/mol. The summed E-state index contributed by atoms with van der Waals surface area (Å²) in [7, 11) is 0. The van der Waals surface area contributed by atoms with E-state index < -0.39 is 5.97 Å². The molecule has 1 aliphatic rings. The quantitative estimate of drug-likeness (QED) is 0.851. The summed E-state index contributed by atoms with van der Waals surface area (Å²) in [5.74, 6) is -0.778. The first-order valence-corrected chi connectivity index (χ1v) is 5.62. The van der Waals surface area contributed by atoms with Crippen LogP contribution in [0.5, 0.6) is 0 Å². The number of rotatable bonds is 2. The highest BCUT2D eigenvalue weighted by Gasteiger charge is 2.01. The molecule has 0 saturated carbocycles. The van der Waals surface area contributed by atoms with Gasteiger partial charge in [0.2, 0.25) is 0 Å². The molecular formula is C13H18O4. The van der Waals surface area contributed by atoms with Gasteiger partial charge in [0.05, 0.1) is 32.8 Å². The van der Waals surface area contributed by atoms with Gasteiger partial charge in [-0.25, -0.2) is 0 Å². The van der Waals surface area contributed by atoms with Gasteiger partial charge in [-0.2, -0.15) is 0 Å². The number of carbonyl (C=O) groups is 1. The molecule has 0 amide bonds. The van der Waals surface area contributed by atoms with Crippen LogP contribution in [0.15, 0.2) is 24.3 Å². The van der Waals surface area contributed by atoms with E-state index in [-0.39, 0.29) is 6.42 Å². The lowest BCUT2D eigenvalue weighted by Crippen LogP contribution is -2.16. The Hall–Kier alpha value is -1.39. The first-order chi connectivity index (χ1) is 8.20. The molecule has 0 bridgehead atoms. The van der Waals surface area contributed by atoms with E-state index in [2.05, 4.69) is 0 Å². The molecule has 1 N–H and O–H groups in total. The highest BCUT2D eigenvalue weighted by atomic mass is 16.6. The molecule has 1 fully saturated rings. The summed E-state index contributed by atoms with van der Waals surface area (Å²) in [6.07, 6.45) is 0.118. The molecule has 1 aromatic rings. The minimum atomic E-state index is -0.778. The van der Waals surface area contributed by atoms with Gasteiger partial charge in [0.25, 0.3) is 0 Å². The third-order valence-corrected chi connectivity index (χ3v) is 2.35. The van der Waals surface area contributed by atoms with Crippen LogP contribution in [-0.2, 0) is 20.7 Å². The molecule has 0 atom stereocenters. The van der Waals surface area contributed by atoms with Crippen LogP contribution in [0.2, 0.25) is 0 Å². The molecule has 0 aliphatic carbocycles. The molecule has 0 radical (unpaired) electrons. The maximum Gasteiger partial charge on any atom is 0.307 e. The Kier molecular flexibility index (Phi) is 6.29. The maximum atomic E-state index is 10.3. The van der Waals surface area contributed by atoms with Crippen molar-refractivity contribution in [1.29, 1.82) is 0 Å². The fraction of sp³-hybridized carbons (Fsp3) is 0.462.